The molecule has 0 saturated heterocycles. The van der Waals surface area contributed by atoms with Gasteiger partial charge in [0.05, 0.1) is 0 Å². The summed E-state index contributed by atoms with van der Waals surface area (Å²) in [7, 11) is 0. The molecule has 2 aromatic rings. The van der Waals surface area contributed by atoms with Crippen molar-refractivity contribution in [3.63, 3.8) is 0 Å². The second-order valence-electron chi connectivity index (χ2n) is 11.5. The van der Waals surface area contributed by atoms with Crippen molar-refractivity contribution in [2.45, 2.75) is 72.3 Å². The standard InChI is InChI=1S/C32H43NO2/c1-5-33(6-2)21-23-9-7-8-10-30(23)35-18-16-25-11-14-29-31-22(3)19-24-20-26(34)12-13-27(24)28(31)15-17-32(25,29)4/h7-10,12-13,16,20,22,28-29,31,34H,5-6,11,14-15,17-19,21H2,1-4H3/b25-16+. The smallest absolute Gasteiger partial charge is 0.124 e. The summed E-state index contributed by atoms with van der Waals surface area (Å²) in [6.45, 7) is 13.2. The van der Waals surface area contributed by atoms with Crippen LogP contribution in [0, 0.1) is 23.2 Å². The third-order valence-electron chi connectivity index (χ3n) is 9.74. The normalized spacial score (nSPS) is 30.7. The molecule has 3 heteroatoms. The van der Waals surface area contributed by atoms with Gasteiger partial charge in [0.15, 0.2) is 0 Å². The van der Waals surface area contributed by atoms with E-state index in [4.69, 9.17) is 4.74 Å². The van der Waals surface area contributed by atoms with Crippen molar-refractivity contribution in [3.05, 3.63) is 70.8 Å². The first-order chi connectivity index (χ1) is 16.9. The van der Waals surface area contributed by atoms with Crippen LogP contribution in [0.3, 0.4) is 0 Å². The van der Waals surface area contributed by atoms with Crippen LogP contribution < -0.4 is 4.74 Å². The molecule has 0 spiro atoms. The van der Waals surface area contributed by atoms with Crippen LogP contribution in [0.4, 0.5) is 0 Å². The van der Waals surface area contributed by atoms with Crippen molar-refractivity contribution >= 4 is 0 Å². The van der Waals surface area contributed by atoms with Crippen molar-refractivity contribution < 1.29 is 9.84 Å². The van der Waals surface area contributed by atoms with Crippen LogP contribution in [-0.2, 0) is 13.0 Å². The summed E-state index contributed by atoms with van der Waals surface area (Å²) in [5.41, 5.74) is 6.11. The van der Waals surface area contributed by atoms with Gasteiger partial charge in [-0.3, -0.25) is 4.90 Å². The zero-order valence-corrected chi connectivity index (χ0v) is 22.1. The maximum Gasteiger partial charge on any atom is 0.124 e. The molecule has 0 bridgehead atoms. The number of hydrogen-bond acceptors (Lipinski definition) is 3. The SMILES string of the molecule is CCN(CC)Cc1ccccc1OC/C=C1\CCC2C3C(C)Cc4cc(O)ccc4C3CCC12C. The Morgan fingerprint density at radius 1 is 1.11 bits per heavy atom. The van der Waals surface area contributed by atoms with E-state index in [1.165, 1.54) is 42.4 Å². The Balaban J connectivity index is 1.31. The van der Waals surface area contributed by atoms with E-state index in [9.17, 15) is 5.11 Å². The van der Waals surface area contributed by atoms with Gasteiger partial charge in [0.2, 0.25) is 0 Å². The van der Waals surface area contributed by atoms with Crippen LogP contribution in [0.2, 0.25) is 0 Å². The highest BCUT2D eigenvalue weighted by atomic mass is 16.5. The first-order valence-corrected chi connectivity index (χ1v) is 13.9. The van der Waals surface area contributed by atoms with E-state index >= 15 is 0 Å². The van der Waals surface area contributed by atoms with Gasteiger partial charge < -0.3 is 9.84 Å². The number of aromatic hydroxyl groups is 1. The minimum atomic E-state index is 0.300. The molecule has 0 aromatic heterocycles. The molecule has 2 aromatic carbocycles. The van der Waals surface area contributed by atoms with E-state index in [1.54, 1.807) is 5.57 Å². The molecule has 0 aliphatic heterocycles. The maximum absolute atomic E-state index is 10.0. The van der Waals surface area contributed by atoms with Crippen LogP contribution in [0.25, 0.3) is 0 Å². The van der Waals surface area contributed by atoms with Gasteiger partial charge in [0.1, 0.15) is 18.1 Å². The average molecular weight is 474 g/mol. The largest absolute Gasteiger partial charge is 0.508 e. The molecule has 2 fully saturated rings. The van der Waals surface area contributed by atoms with E-state index in [-0.39, 0.29) is 0 Å². The summed E-state index contributed by atoms with van der Waals surface area (Å²) < 4.78 is 6.37. The number of para-hydroxylation sites is 1. The van der Waals surface area contributed by atoms with Crippen molar-refractivity contribution in [2.75, 3.05) is 19.7 Å². The molecule has 0 radical (unpaired) electrons. The average Bonchev–Trinajstić information content (AvgIpc) is 3.19. The summed E-state index contributed by atoms with van der Waals surface area (Å²) in [4.78, 5) is 2.44. The quantitative estimate of drug-likeness (QED) is 0.427. The van der Waals surface area contributed by atoms with Gasteiger partial charge in [-0.15, -0.1) is 0 Å². The number of nitrogens with zero attached hydrogens (tertiary/aromatic N) is 1. The molecule has 0 amide bonds. The van der Waals surface area contributed by atoms with Crippen molar-refractivity contribution in [2.24, 2.45) is 23.2 Å². The van der Waals surface area contributed by atoms with E-state index in [1.807, 2.05) is 12.1 Å². The molecule has 35 heavy (non-hydrogen) atoms. The number of phenolic OH excluding ortho intramolecular Hbond substituents is 1. The van der Waals surface area contributed by atoms with Crippen LogP contribution in [0.5, 0.6) is 11.5 Å². The molecule has 3 aliphatic rings. The van der Waals surface area contributed by atoms with E-state index < -0.39 is 0 Å². The lowest BCUT2D eigenvalue weighted by Gasteiger charge is -2.52. The zero-order chi connectivity index (χ0) is 24.6. The van der Waals surface area contributed by atoms with Crippen LogP contribution in [0.1, 0.15) is 76.0 Å². The first-order valence-electron chi connectivity index (χ1n) is 13.9. The zero-order valence-electron chi connectivity index (χ0n) is 22.1. The highest BCUT2D eigenvalue weighted by molar-refractivity contribution is 5.41. The minimum absolute atomic E-state index is 0.300. The lowest BCUT2D eigenvalue weighted by atomic mass is 9.52. The summed E-state index contributed by atoms with van der Waals surface area (Å²) in [5.74, 6) is 4.25. The van der Waals surface area contributed by atoms with Gasteiger partial charge in [0, 0.05) is 12.1 Å². The molecule has 2 saturated carbocycles. The molecule has 0 heterocycles. The molecule has 3 aliphatic carbocycles. The van der Waals surface area contributed by atoms with Gasteiger partial charge in [-0.25, -0.2) is 0 Å². The Kier molecular flexibility index (Phi) is 6.99. The fourth-order valence-corrected chi connectivity index (χ4v) is 7.84. The Morgan fingerprint density at radius 2 is 1.91 bits per heavy atom. The molecule has 188 valence electrons. The number of rotatable bonds is 7. The fourth-order valence-electron chi connectivity index (χ4n) is 7.84. The molecular formula is C32H43NO2. The fraction of sp³-hybridized carbons (Fsp3) is 0.562. The van der Waals surface area contributed by atoms with E-state index in [0.717, 1.165) is 43.6 Å². The number of hydrogen-bond donors (Lipinski definition) is 1. The predicted octanol–water partition coefficient (Wildman–Crippen LogP) is 7.34. The molecule has 5 rings (SSSR count). The minimum Gasteiger partial charge on any atom is -0.508 e. The second-order valence-corrected chi connectivity index (χ2v) is 11.5. The van der Waals surface area contributed by atoms with E-state index in [2.05, 4.69) is 69.0 Å². The van der Waals surface area contributed by atoms with Gasteiger partial charge in [-0.05, 0) is 110 Å². The number of allylic oxidation sites excluding steroid dienone is 1. The Labute approximate surface area is 212 Å². The maximum atomic E-state index is 10.0. The van der Waals surface area contributed by atoms with Gasteiger partial charge in [-0.2, -0.15) is 0 Å². The number of phenols is 1. The summed E-state index contributed by atoms with van der Waals surface area (Å²) in [6, 6.07) is 14.7. The Bertz CT molecular complexity index is 1070. The Morgan fingerprint density at radius 3 is 2.71 bits per heavy atom. The highest BCUT2D eigenvalue weighted by Gasteiger charge is 2.54. The van der Waals surface area contributed by atoms with Crippen molar-refractivity contribution in [1.29, 1.82) is 0 Å². The third-order valence-corrected chi connectivity index (χ3v) is 9.74. The Hall–Kier alpha value is -2.26. The lowest BCUT2D eigenvalue weighted by molar-refractivity contribution is 0.0488. The summed E-state index contributed by atoms with van der Waals surface area (Å²) in [5, 5.41) is 10.0. The van der Waals surface area contributed by atoms with Gasteiger partial charge in [0.25, 0.3) is 0 Å². The molecule has 5 atom stereocenters. The number of benzene rings is 2. The predicted molar refractivity (Wildman–Crippen MR) is 144 cm³/mol. The van der Waals surface area contributed by atoms with Gasteiger partial charge >= 0.3 is 0 Å². The van der Waals surface area contributed by atoms with Crippen LogP contribution >= 0.6 is 0 Å². The molecule has 3 nitrogen and oxygen atoms in total. The lowest BCUT2D eigenvalue weighted by Crippen LogP contribution is -2.43. The van der Waals surface area contributed by atoms with Gasteiger partial charge in [-0.1, -0.05) is 57.5 Å². The van der Waals surface area contributed by atoms with Crippen molar-refractivity contribution in [3.8, 4) is 11.5 Å². The van der Waals surface area contributed by atoms with Crippen molar-refractivity contribution in [1.82, 2.24) is 4.90 Å². The summed E-state index contributed by atoms with van der Waals surface area (Å²) in [6.07, 6.45) is 8.56. The monoisotopic (exact) mass is 473 g/mol. The first kappa shape index (κ1) is 24.4. The van der Waals surface area contributed by atoms with Crippen LogP contribution in [0.15, 0.2) is 54.1 Å². The second kappa shape index (κ2) is 10.0. The topological polar surface area (TPSA) is 32.7 Å². The molecule has 1 N–H and O–H groups in total. The highest BCUT2D eigenvalue weighted by Crippen LogP contribution is 2.63. The molecular weight excluding hydrogens is 430 g/mol. The number of ether oxygens (including phenoxy) is 1. The third kappa shape index (κ3) is 4.53. The summed E-state index contributed by atoms with van der Waals surface area (Å²) >= 11 is 0. The van der Waals surface area contributed by atoms with Crippen LogP contribution in [-0.4, -0.2) is 29.7 Å². The van der Waals surface area contributed by atoms with E-state index in [0.29, 0.717) is 29.6 Å². The molecule has 5 unspecified atom stereocenters. The number of fused-ring (bicyclic) bond motifs is 5.